The van der Waals surface area contributed by atoms with Crippen LogP contribution in [0.3, 0.4) is 0 Å². The van der Waals surface area contributed by atoms with Crippen LogP contribution in [-0.2, 0) is 19.3 Å². The van der Waals surface area contributed by atoms with Crippen LogP contribution in [0.15, 0.2) is 24.4 Å². The van der Waals surface area contributed by atoms with Crippen LogP contribution in [0.5, 0.6) is 0 Å². The molecule has 1 aromatic carbocycles. The summed E-state index contributed by atoms with van der Waals surface area (Å²) in [5.74, 6) is 0.436. The number of hydrogen-bond acceptors (Lipinski definition) is 2. The van der Waals surface area contributed by atoms with Gasteiger partial charge in [0.2, 0.25) is 0 Å². The van der Waals surface area contributed by atoms with Crippen molar-refractivity contribution in [2.24, 2.45) is 0 Å². The number of fused-ring (bicyclic) bond motifs is 3. The van der Waals surface area contributed by atoms with Gasteiger partial charge in [0.05, 0.1) is 6.20 Å². The van der Waals surface area contributed by atoms with Crippen LogP contribution in [0, 0.1) is 0 Å². The fourth-order valence-electron chi connectivity index (χ4n) is 2.91. The Morgan fingerprint density at radius 3 is 2.81 bits per heavy atom. The molecule has 0 spiro atoms. The molecule has 0 bridgehead atoms. The first-order chi connectivity index (χ1) is 9.91. The van der Waals surface area contributed by atoms with Gasteiger partial charge in [0, 0.05) is 18.7 Å². The Hall–Kier alpha value is -1.82. The van der Waals surface area contributed by atoms with E-state index in [0.29, 0.717) is 12.4 Å². The van der Waals surface area contributed by atoms with Gasteiger partial charge in [-0.15, -0.1) is 0 Å². The first kappa shape index (κ1) is 14.1. The topological polar surface area (TPSA) is 29.9 Å². The van der Waals surface area contributed by atoms with E-state index in [1.807, 2.05) is 26.1 Å². The maximum Gasteiger partial charge on any atom is 0.433 e. The lowest BCUT2D eigenvalue weighted by molar-refractivity contribution is -0.143. The van der Waals surface area contributed by atoms with E-state index in [2.05, 4.69) is 16.4 Å². The number of benzene rings is 1. The van der Waals surface area contributed by atoms with Gasteiger partial charge in [-0.25, -0.2) is 4.98 Å². The minimum Gasteiger partial charge on any atom is -0.320 e. The van der Waals surface area contributed by atoms with Crippen LogP contribution in [0.2, 0.25) is 0 Å². The van der Waals surface area contributed by atoms with Gasteiger partial charge >= 0.3 is 6.18 Å². The third kappa shape index (κ3) is 2.33. The van der Waals surface area contributed by atoms with Crippen molar-refractivity contribution >= 4 is 0 Å². The number of rotatable bonds is 2. The van der Waals surface area contributed by atoms with Crippen LogP contribution in [0.4, 0.5) is 13.2 Å². The lowest BCUT2D eigenvalue weighted by Gasteiger charge is -2.26. The normalized spacial score (nSPS) is 17.5. The second-order valence-electron chi connectivity index (χ2n) is 5.43. The molecule has 2 heterocycles. The van der Waals surface area contributed by atoms with Gasteiger partial charge in [-0.3, -0.25) is 0 Å². The zero-order valence-corrected chi connectivity index (χ0v) is 11.8. The van der Waals surface area contributed by atoms with Crippen molar-refractivity contribution < 1.29 is 13.2 Å². The van der Waals surface area contributed by atoms with Crippen molar-refractivity contribution in [1.82, 2.24) is 14.9 Å². The summed E-state index contributed by atoms with van der Waals surface area (Å²) in [7, 11) is 1.87. The van der Waals surface area contributed by atoms with Crippen molar-refractivity contribution in [2.45, 2.75) is 32.1 Å². The monoisotopic (exact) mass is 295 g/mol. The Bertz CT molecular complexity index is 673. The van der Waals surface area contributed by atoms with Gasteiger partial charge in [0.15, 0.2) is 0 Å². The fraction of sp³-hybridized carbons (Fsp3) is 0.400. The van der Waals surface area contributed by atoms with Gasteiger partial charge in [0.25, 0.3) is 0 Å². The van der Waals surface area contributed by atoms with E-state index in [4.69, 9.17) is 0 Å². The lowest BCUT2D eigenvalue weighted by Crippen LogP contribution is -2.21. The lowest BCUT2D eigenvalue weighted by atomic mass is 9.90. The highest BCUT2D eigenvalue weighted by atomic mass is 19.4. The quantitative estimate of drug-likeness (QED) is 0.920. The molecule has 1 N–H and O–H groups in total. The van der Waals surface area contributed by atoms with Gasteiger partial charge in [-0.1, -0.05) is 25.1 Å². The molecule has 0 fully saturated rings. The number of hydrogen-bond donors (Lipinski definition) is 1. The zero-order valence-electron chi connectivity index (χ0n) is 11.8. The Labute approximate surface area is 120 Å². The first-order valence-electron chi connectivity index (χ1n) is 6.82. The average molecular weight is 295 g/mol. The molecule has 3 rings (SSSR count). The maximum atomic E-state index is 13.0. The molecule has 0 radical (unpaired) electrons. The smallest absolute Gasteiger partial charge is 0.320 e. The molecule has 1 aromatic heterocycles. The van der Waals surface area contributed by atoms with Crippen LogP contribution in [0.1, 0.15) is 29.7 Å². The highest BCUT2D eigenvalue weighted by molar-refractivity contribution is 5.65. The van der Waals surface area contributed by atoms with Crippen molar-refractivity contribution in [3.63, 3.8) is 0 Å². The molecule has 1 aliphatic rings. The molecule has 112 valence electrons. The van der Waals surface area contributed by atoms with E-state index in [-0.39, 0.29) is 5.92 Å². The summed E-state index contributed by atoms with van der Waals surface area (Å²) in [6, 6.07) is 5.86. The molecule has 3 nitrogen and oxygen atoms in total. The molecular formula is C15H16F3N3. The molecular weight excluding hydrogens is 279 g/mol. The van der Waals surface area contributed by atoms with Crippen LogP contribution in [-0.4, -0.2) is 16.6 Å². The van der Waals surface area contributed by atoms with E-state index in [1.165, 1.54) is 4.57 Å². The summed E-state index contributed by atoms with van der Waals surface area (Å²) in [5, 5.41) is 3.08. The predicted molar refractivity (Wildman–Crippen MR) is 73.8 cm³/mol. The summed E-state index contributed by atoms with van der Waals surface area (Å²) in [4.78, 5) is 4.00. The van der Waals surface area contributed by atoms with E-state index in [1.54, 1.807) is 0 Å². The van der Waals surface area contributed by atoms with Crippen LogP contribution >= 0.6 is 0 Å². The molecule has 0 saturated heterocycles. The molecule has 0 saturated carbocycles. The van der Waals surface area contributed by atoms with Crippen LogP contribution in [0.25, 0.3) is 11.4 Å². The summed E-state index contributed by atoms with van der Waals surface area (Å²) < 4.78 is 40.3. The number of halogens is 3. The highest BCUT2D eigenvalue weighted by Crippen LogP contribution is 2.40. The summed E-state index contributed by atoms with van der Waals surface area (Å²) in [5.41, 5.74) is 2.31. The minimum absolute atomic E-state index is 0.0274. The highest BCUT2D eigenvalue weighted by Gasteiger charge is 2.38. The van der Waals surface area contributed by atoms with Crippen molar-refractivity contribution in [2.75, 3.05) is 7.05 Å². The molecule has 21 heavy (non-hydrogen) atoms. The van der Waals surface area contributed by atoms with Crippen molar-refractivity contribution in [3.8, 4) is 11.4 Å². The molecule has 0 amide bonds. The second-order valence-corrected chi connectivity index (χ2v) is 5.43. The number of nitrogens with one attached hydrogen (secondary N) is 1. The van der Waals surface area contributed by atoms with Gasteiger partial charge < -0.3 is 9.88 Å². The van der Waals surface area contributed by atoms with Gasteiger partial charge in [0.1, 0.15) is 11.5 Å². The Balaban J connectivity index is 2.12. The van der Waals surface area contributed by atoms with E-state index in [0.717, 1.165) is 29.4 Å². The predicted octanol–water partition coefficient (Wildman–Crippen LogP) is 3.41. The molecule has 1 aliphatic heterocycles. The zero-order chi connectivity index (χ0) is 15.2. The third-order valence-corrected chi connectivity index (χ3v) is 3.87. The number of nitrogens with zero attached hydrogens (tertiary/aromatic N) is 2. The summed E-state index contributed by atoms with van der Waals surface area (Å²) in [6.07, 6.45) is -3.44. The van der Waals surface area contributed by atoms with Crippen molar-refractivity contribution in [1.29, 1.82) is 0 Å². The van der Waals surface area contributed by atoms with E-state index >= 15 is 0 Å². The van der Waals surface area contributed by atoms with Gasteiger partial charge in [-0.05, 0) is 24.1 Å². The molecule has 2 aromatic rings. The third-order valence-electron chi connectivity index (χ3n) is 3.87. The second kappa shape index (κ2) is 4.87. The first-order valence-corrected chi connectivity index (χ1v) is 6.82. The molecule has 1 atom stereocenters. The Kier molecular flexibility index (Phi) is 3.28. The molecule has 6 heteroatoms. The standard InChI is InChI=1S/C15H16F3N3/c1-9-8-21-13(15(16,17)18)7-20-14(21)11-4-3-10(6-19-2)5-12(9)11/h3-5,7,9,19H,6,8H2,1-2H3. The minimum atomic E-state index is -4.37. The maximum absolute atomic E-state index is 13.0. The number of alkyl halides is 3. The summed E-state index contributed by atoms with van der Waals surface area (Å²) in [6.45, 7) is 2.99. The fourth-order valence-corrected chi connectivity index (χ4v) is 2.91. The van der Waals surface area contributed by atoms with Gasteiger partial charge in [-0.2, -0.15) is 13.2 Å². The SMILES string of the molecule is CNCc1ccc2c(c1)C(C)Cn1c(C(F)(F)F)cnc1-2. The van der Waals surface area contributed by atoms with Crippen molar-refractivity contribution in [3.05, 3.63) is 41.2 Å². The largest absolute Gasteiger partial charge is 0.433 e. The van der Waals surface area contributed by atoms with Crippen LogP contribution < -0.4 is 5.32 Å². The average Bonchev–Trinajstić information content (AvgIpc) is 2.83. The Morgan fingerprint density at radius 1 is 1.38 bits per heavy atom. The number of aromatic nitrogens is 2. The number of imidazole rings is 1. The summed E-state index contributed by atoms with van der Waals surface area (Å²) >= 11 is 0. The Morgan fingerprint density at radius 2 is 2.14 bits per heavy atom. The van der Waals surface area contributed by atoms with E-state index in [9.17, 15) is 13.2 Å². The molecule has 0 aliphatic carbocycles. The van der Waals surface area contributed by atoms with E-state index < -0.39 is 11.9 Å². The molecule has 1 unspecified atom stereocenters.